The van der Waals surface area contributed by atoms with Gasteiger partial charge in [-0.1, -0.05) is 48.5 Å². The van der Waals surface area contributed by atoms with Crippen molar-refractivity contribution in [1.82, 2.24) is 10.6 Å². The van der Waals surface area contributed by atoms with Gasteiger partial charge in [-0.2, -0.15) is 8.78 Å². The summed E-state index contributed by atoms with van der Waals surface area (Å²) in [6.45, 7) is 0.587. The lowest BCUT2D eigenvalue weighted by Gasteiger charge is -2.19. The SMILES string of the molecule is CCOC(CNC(=O)OCC1c2ccccc2-c2ccccc21)CC(=O)NCC(F)(F)C(=O)O. The number of carboxylic acid groups (broad SMARTS) is 1. The van der Waals surface area contributed by atoms with E-state index in [1.54, 1.807) is 6.92 Å². The average Bonchev–Trinajstić information content (AvgIpc) is 3.14. The molecule has 1 unspecified atom stereocenters. The highest BCUT2D eigenvalue weighted by Gasteiger charge is 2.39. The summed E-state index contributed by atoms with van der Waals surface area (Å²) < 4.78 is 37.1. The van der Waals surface area contributed by atoms with Crippen molar-refractivity contribution in [3.05, 3.63) is 59.7 Å². The maximum atomic E-state index is 13.1. The topological polar surface area (TPSA) is 114 Å². The summed E-state index contributed by atoms with van der Waals surface area (Å²) in [6.07, 6.45) is -1.85. The van der Waals surface area contributed by atoms with E-state index in [4.69, 9.17) is 14.6 Å². The van der Waals surface area contributed by atoms with Crippen molar-refractivity contribution in [2.75, 3.05) is 26.3 Å². The molecular formula is C24H26F2N2O6. The number of halogens is 2. The van der Waals surface area contributed by atoms with Crippen LogP contribution in [0.4, 0.5) is 13.6 Å². The molecule has 0 saturated carbocycles. The Morgan fingerprint density at radius 1 is 1.03 bits per heavy atom. The maximum Gasteiger partial charge on any atom is 0.407 e. The Labute approximate surface area is 195 Å². The van der Waals surface area contributed by atoms with Crippen molar-refractivity contribution < 1.29 is 37.7 Å². The third-order valence-corrected chi connectivity index (χ3v) is 5.45. The van der Waals surface area contributed by atoms with Crippen LogP contribution in [0.1, 0.15) is 30.4 Å². The van der Waals surface area contributed by atoms with E-state index in [9.17, 15) is 23.2 Å². The number of alkyl halides is 2. The van der Waals surface area contributed by atoms with Crippen molar-refractivity contribution in [2.45, 2.75) is 31.3 Å². The van der Waals surface area contributed by atoms with Crippen LogP contribution in [-0.2, 0) is 19.1 Å². The van der Waals surface area contributed by atoms with Crippen molar-refractivity contribution in [1.29, 1.82) is 0 Å². The molecule has 34 heavy (non-hydrogen) atoms. The van der Waals surface area contributed by atoms with Gasteiger partial charge in [0.25, 0.3) is 0 Å². The van der Waals surface area contributed by atoms with Crippen molar-refractivity contribution >= 4 is 18.0 Å². The van der Waals surface area contributed by atoms with E-state index in [0.29, 0.717) is 0 Å². The number of ether oxygens (including phenoxy) is 2. The van der Waals surface area contributed by atoms with Crippen LogP contribution in [0.3, 0.4) is 0 Å². The Balaban J connectivity index is 1.50. The predicted octanol–water partition coefficient (Wildman–Crippen LogP) is 3.16. The van der Waals surface area contributed by atoms with Gasteiger partial charge in [0.05, 0.1) is 19.1 Å². The van der Waals surface area contributed by atoms with Gasteiger partial charge in [0.2, 0.25) is 5.91 Å². The number of nitrogens with one attached hydrogen (secondary N) is 2. The summed E-state index contributed by atoms with van der Waals surface area (Å²) in [5.41, 5.74) is 4.34. The van der Waals surface area contributed by atoms with Gasteiger partial charge in [0, 0.05) is 19.1 Å². The quantitative estimate of drug-likeness (QED) is 0.459. The van der Waals surface area contributed by atoms with Gasteiger partial charge < -0.3 is 25.2 Å². The minimum absolute atomic E-state index is 0.0900. The zero-order chi connectivity index (χ0) is 24.7. The molecule has 3 N–H and O–H groups in total. The largest absolute Gasteiger partial charge is 0.477 e. The summed E-state index contributed by atoms with van der Waals surface area (Å²) in [5.74, 6) is -7.33. The van der Waals surface area contributed by atoms with Crippen molar-refractivity contribution in [3.63, 3.8) is 0 Å². The number of hydrogen-bond acceptors (Lipinski definition) is 5. The van der Waals surface area contributed by atoms with Crippen molar-refractivity contribution in [2.24, 2.45) is 0 Å². The number of alkyl carbamates (subject to hydrolysis) is 1. The molecule has 2 amide bonds. The van der Waals surface area contributed by atoms with Crippen LogP contribution in [0.5, 0.6) is 0 Å². The highest BCUT2D eigenvalue weighted by Crippen LogP contribution is 2.44. The molecule has 10 heteroatoms. The molecule has 0 heterocycles. The van der Waals surface area contributed by atoms with Crippen LogP contribution < -0.4 is 10.6 Å². The minimum atomic E-state index is -4.07. The first-order valence-corrected chi connectivity index (χ1v) is 10.8. The molecule has 2 aromatic rings. The van der Waals surface area contributed by atoms with Crippen LogP contribution in [0.15, 0.2) is 48.5 Å². The lowest BCUT2D eigenvalue weighted by atomic mass is 9.98. The first-order valence-electron chi connectivity index (χ1n) is 10.8. The second-order valence-corrected chi connectivity index (χ2v) is 7.77. The van der Waals surface area contributed by atoms with E-state index < -0.39 is 36.5 Å². The number of carbonyl (C=O) groups excluding carboxylic acids is 2. The van der Waals surface area contributed by atoms with Gasteiger partial charge in [-0.3, -0.25) is 4.79 Å². The number of fused-ring (bicyclic) bond motifs is 3. The molecule has 1 aliphatic rings. The van der Waals surface area contributed by atoms with Gasteiger partial charge in [-0.15, -0.1) is 0 Å². The predicted molar refractivity (Wildman–Crippen MR) is 119 cm³/mol. The molecule has 182 valence electrons. The monoisotopic (exact) mass is 476 g/mol. The summed E-state index contributed by atoms with van der Waals surface area (Å²) in [7, 11) is 0. The molecule has 0 bridgehead atoms. The fourth-order valence-corrected chi connectivity index (χ4v) is 3.84. The highest BCUT2D eigenvalue weighted by molar-refractivity contribution is 5.80. The standard InChI is InChI=1S/C24H26F2N2O6/c1-2-33-15(11-21(29)28-14-24(25,26)22(30)31)12-27-23(32)34-13-20-18-9-5-3-7-16(18)17-8-4-6-10-19(17)20/h3-10,15,20H,2,11-14H2,1H3,(H,27,32)(H,28,29)(H,30,31). The molecule has 0 radical (unpaired) electrons. The Morgan fingerprint density at radius 3 is 2.18 bits per heavy atom. The number of amides is 2. The van der Waals surface area contributed by atoms with E-state index in [0.717, 1.165) is 22.3 Å². The summed E-state index contributed by atoms with van der Waals surface area (Å²) in [6, 6.07) is 15.8. The van der Waals surface area contributed by atoms with E-state index >= 15 is 0 Å². The molecule has 0 fully saturated rings. The molecular weight excluding hydrogens is 450 g/mol. The number of rotatable bonds is 11. The van der Waals surface area contributed by atoms with Crippen molar-refractivity contribution in [3.8, 4) is 11.1 Å². The number of aliphatic carboxylic acids is 1. The molecule has 1 aliphatic carbocycles. The molecule has 0 aliphatic heterocycles. The Morgan fingerprint density at radius 2 is 1.62 bits per heavy atom. The summed E-state index contributed by atoms with van der Waals surface area (Å²) in [4.78, 5) is 34.7. The Bertz CT molecular complexity index is 1000. The first kappa shape index (κ1) is 25.1. The molecule has 1 atom stereocenters. The van der Waals surface area contributed by atoms with Crippen LogP contribution in [0.25, 0.3) is 11.1 Å². The van der Waals surface area contributed by atoms with Crippen LogP contribution >= 0.6 is 0 Å². The van der Waals surface area contributed by atoms with Gasteiger partial charge in [-0.25, -0.2) is 9.59 Å². The molecule has 0 spiro atoms. The fraction of sp³-hybridized carbons (Fsp3) is 0.375. The highest BCUT2D eigenvalue weighted by atomic mass is 19.3. The molecule has 0 aromatic heterocycles. The number of hydrogen-bond donors (Lipinski definition) is 3. The third-order valence-electron chi connectivity index (χ3n) is 5.45. The minimum Gasteiger partial charge on any atom is -0.477 e. The smallest absolute Gasteiger partial charge is 0.407 e. The lowest BCUT2D eigenvalue weighted by Crippen LogP contribution is -2.44. The lowest BCUT2D eigenvalue weighted by molar-refractivity contribution is -0.164. The second-order valence-electron chi connectivity index (χ2n) is 7.77. The fourth-order valence-electron chi connectivity index (χ4n) is 3.84. The third kappa shape index (κ3) is 6.07. The van der Waals surface area contributed by atoms with Crippen LogP contribution in [-0.4, -0.2) is 61.4 Å². The average molecular weight is 476 g/mol. The van der Waals surface area contributed by atoms with E-state index in [2.05, 4.69) is 5.32 Å². The Kier molecular flexibility index (Phi) is 8.17. The van der Waals surface area contributed by atoms with E-state index in [-0.39, 0.29) is 32.1 Å². The number of carboxylic acids is 1. The number of benzene rings is 2. The summed E-state index contributed by atoms with van der Waals surface area (Å²) in [5, 5.41) is 12.8. The zero-order valence-corrected chi connectivity index (χ0v) is 18.6. The number of carbonyl (C=O) groups is 3. The molecule has 8 nitrogen and oxygen atoms in total. The maximum absolute atomic E-state index is 13.1. The Hall–Kier alpha value is -3.53. The van der Waals surface area contributed by atoms with Gasteiger partial charge in [0.15, 0.2) is 0 Å². The van der Waals surface area contributed by atoms with Gasteiger partial charge in [-0.05, 0) is 29.2 Å². The molecule has 2 aromatic carbocycles. The van der Waals surface area contributed by atoms with Crippen LogP contribution in [0.2, 0.25) is 0 Å². The zero-order valence-electron chi connectivity index (χ0n) is 18.6. The molecule has 3 rings (SSSR count). The van der Waals surface area contributed by atoms with Gasteiger partial charge in [0.1, 0.15) is 6.61 Å². The molecule has 0 saturated heterocycles. The van der Waals surface area contributed by atoms with E-state index in [1.807, 2.05) is 53.8 Å². The first-order chi connectivity index (χ1) is 16.2. The normalized spacial score (nSPS) is 13.5. The van der Waals surface area contributed by atoms with E-state index in [1.165, 1.54) is 0 Å². The summed E-state index contributed by atoms with van der Waals surface area (Å²) >= 11 is 0. The van der Waals surface area contributed by atoms with Crippen LogP contribution in [0, 0.1) is 0 Å². The van der Waals surface area contributed by atoms with Gasteiger partial charge >= 0.3 is 18.0 Å². The second kappa shape index (κ2) is 11.1.